The van der Waals surface area contributed by atoms with Crippen LogP contribution >= 0.6 is 0 Å². The van der Waals surface area contributed by atoms with Crippen LogP contribution in [0.5, 0.6) is 0 Å². The highest BCUT2D eigenvalue weighted by Crippen LogP contribution is 2.29. The number of nitriles is 1. The minimum absolute atomic E-state index is 0.0348. The first kappa shape index (κ1) is 20.6. The number of alkyl halides is 3. The molecule has 0 aliphatic carbocycles. The molecule has 1 aromatic carbocycles. The van der Waals surface area contributed by atoms with Crippen LogP contribution < -0.4 is 5.32 Å². The molecule has 5 nitrogen and oxygen atoms in total. The molecule has 1 aliphatic rings. The standard InChI is InChI=1S/C21H21F3N4O/c22-21(23,24)18-7-6-17(13-25)20(27-18)26-14-19(29)28-10-8-16(9-11-28)12-15-4-2-1-3-5-15/h1-7,16H,8-12,14H2,(H,26,27). The van der Waals surface area contributed by atoms with Crippen molar-refractivity contribution < 1.29 is 18.0 Å². The molecule has 0 atom stereocenters. The Morgan fingerprint density at radius 3 is 2.48 bits per heavy atom. The molecule has 1 amide bonds. The number of pyridine rings is 1. The number of carbonyl (C=O) groups excluding carboxylic acids is 1. The fraction of sp³-hybridized carbons (Fsp3) is 0.381. The third kappa shape index (κ3) is 5.47. The minimum atomic E-state index is -4.62. The highest BCUT2D eigenvalue weighted by molar-refractivity contribution is 5.81. The maximum Gasteiger partial charge on any atom is 0.433 e. The summed E-state index contributed by atoms with van der Waals surface area (Å²) in [6.45, 7) is 1.02. The lowest BCUT2D eigenvalue weighted by molar-refractivity contribution is -0.141. The van der Waals surface area contributed by atoms with E-state index in [1.54, 1.807) is 11.0 Å². The summed E-state index contributed by atoms with van der Waals surface area (Å²) in [5.74, 6) is 0.0608. The summed E-state index contributed by atoms with van der Waals surface area (Å²) in [5.41, 5.74) is 0.138. The number of hydrogen-bond donors (Lipinski definition) is 1. The molecule has 2 heterocycles. The molecule has 2 aromatic rings. The maximum atomic E-state index is 12.8. The smallest absolute Gasteiger partial charge is 0.360 e. The second-order valence-corrected chi connectivity index (χ2v) is 7.07. The summed E-state index contributed by atoms with van der Waals surface area (Å²) in [4.78, 5) is 17.6. The van der Waals surface area contributed by atoms with Crippen LogP contribution in [0.2, 0.25) is 0 Å². The van der Waals surface area contributed by atoms with Crippen molar-refractivity contribution in [2.75, 3.05) is 25.0 Å². The summed E-state index contributed by atoms with van der Waals surface area (Å²) in [6, 6.07) is 13.8. The number of nitrogens with one attached hydrogen (secondary N) is 1. The van der Waals surface area contributed by atoms with Crippen LogP contribution in [-0.2, 0) is 17.4 Å². The van der Waals surface area contributed by atoms with Gasteiger partial charge in [-0.05, 0) is 42.9 Å². The second-order valence-electron chi connectivity index (χ2n) is 7.07. The zero-order valence-corrected chi connectivity index (χ0v) is 15.7. The van der Waals surface area contributed by atoms with Gasteiger partial charge in [0.2, 0.25) is 5.91 Å². The fourth-order valence-corrected chi connectivity index (χ4v) is 3.45. The quantitative estimate of drug-likeness (QED) is 0.825. The van der Waals surface area contributed by atoms with Crippen molar-refractivity contribution >= 4 is 11.7 Å². The van der Waals surface area contributed by atoms with Crippen LogP contribution in [0.25, 0.3) is 0 Å². The van der Waals surface area contributed by atoms with Gasteiger partial charge in [-0.15, -0.1) is 0 Å². The Hall–Kier alpha value is -3.08. The van der Waals surface area contributed by atoms with Gasteiger partial charge in [0, 0.05) is 13.1 Å². The van der Waals surface area contributed by atoms with E-state index in [1.165, 1.54) is 5.56 Å². The van der Waals surface area contributed by atoms with E-state index in [-0.39, 0.29) is 23.8 Å². The Morgan fingerprint density at radius 1 is 1.17 bits per heavy atom. The molecule has 1 N–H and O–H groups in total. The number of benzene rings is 1. The molecule has 8 heteroatoms. The van der Waals surface area contributed by atoms with Gasteiger partial charge in [-0.2, -0.15) is 18.4 Å². The van der Waals surface area contributed by atoms with E-state index in [9.17, 15) is 18.0 Å². The fourth-order valence-electron chi connectivity index (χ4n) is 3.45. The molecule has 1 aromatic heterocycles. The van der Waals surface area contributed by atoms with E-state index in [0.717, 1.165) is 31.4 Å². The largest absolute Gasteiger partial charge is 0.433 e. The summed E-state index contributed by atoms with van der Waals surface area (Å²) in [5, 5.41) is 11.7. The number of piperidine rings is 1. The van der Waals surface area contributed by atoms with E-state index in [0.29, 0.717) is 19.0 Å². The van der Waals surface area contributed by atoms with Gasteiger partial charge in [-0.3, -0.25) is 4.79 Å². The average molecular weight is 402 g/mol. The summed E-state index contributed by atoms with van der Waals surface area (Å²) in [6.07, 6.45) is -1.88. The predicted octanol–water partition coefficient (Wildman–Crippen LogP) is 3.87. The van der Waals surface area contributed by atoms with Gasteiger partial charge in [0.05, 0.1) is 12.1 Å². The number of halogens is 3. The van der Waals surface area contributed by atoms with Crippen LogP contribution in [-0.4, -0.2) is 35.4 Å². The third-order valence-corrected chi connectivity index (χ3v) is 5.05. The Kier molecular flexibility index (Phi) is 6.37. The summed E-state index contributed by atoms with van der Waals surface area (Å²) < 4.78 is 38.5. The minimum Gasteiger partial charge on any atom is -0.360 e. The normalized spacial score (nSPS) is 15.0. The van der Waals surface area contributed by atoms with Gasteiger partial charge in [0.15, 0.2) is 0 Å². The van der Waals surface area contributed by atoms with E-state index in [1.807, 2.05) is 18.2 Å². The van der Waals surface area contributed by atoms with Crippen LogP contribution in [0.4, 0.5) is 19.0 Å². The van der Waals surface area contributed by atoms with Crippen molar-refractivity contribution in [2.45, 2.75) is 25.4 Å². The van der Waals surface area contributed by atoms with Gasteiger partial charge in [-0.25, -0.2) is 4.98 Å². The molecule has 0 unspecified atom stereocenters. The number of rotatable bonds is 5. The van der Waals surface area contributed by atoms with Crippen LogP contribution in [0.15, 0.2) is 42.5 Å². The number of likely N-dealkylation sites (tertiary alicyclic amines) is 1. The lowest BCUT2D eigenvalue weighted by atomic mass is 9.90. The molecule has 0 radical (unpaired) electrons. The lowest BCUT2D eigenvalue weighted by Crippen LogP contribution is -2.41. The average Bonchev–Trinajstić information content (AvgIpc) is 2.72. The van der Waals surface area contributed by atoms with Crippen LogP contribution in [0.1, 0.15) is 29.7 Å². The molecule has 0 saturated carbocycles. The molecule has 29 heavy (non-hydrogen) atoms. The molecule has 1 aliphatic heterocycles. The number of hydrogen-bond acceptors (Lipinski definition) is 4. The van der Waals surface area contributed by atoms with Crippen molar-refractivity contribution in [3.63, 3.8) is 0 Å². The molecule has 1 saturated heterocycles. The predicted molar refractivity (Wildman–Crippen MR) is 102 cm³/mol. The first-order valence-electron chi connectivity index (χ1n) is 9.40. The molecular weight excluding hydrogens is 381 g/mol. The Balaban J connectivity index is 1.53. The highest BCUT2D eigenvalue weighted by atomic mass is 19.4. The lowest BCUT2D eigenvalue weighted by Gasteiger charge is -2.32. The van der Waals surface area contributed by atoms with E-state index < -0.39 is 11.9 Å². The van der Waals surface area contributed by atoms with Gasteiger partial charge >= 0.3 is 6.18 Å². The summed E-state index contributed by atoms with van der Waals surface area (Å²) >= 11 is 0. The van der Waals surface area contributed by atoms with Gasteiger partial charge < -0.3 is 10.2 Å². The first-order valence-corrected chi connectivity index (χ1v) is 9.40. The number of nitrogens with zero attached hydrogens (tertiary/aromatic N) is 3. The van der Waals surface area contributed by atoms with E-state index in [4.69, 9.17) is 5.26 Å². The maximum absolute atomic E-state index is 12.8. The zero-order valence-electron chi connectivity index (χ0n) is 15.7. The molecule has 152 valence electrons. The van der Waals surface area contributed by atoms with Crippen molar-refractivity contribution in [3.05, 3.63) is 59.3 Å². The Labute approximate surface area is 167 Å². The van der Waals surface area contributed by atoms with E-state index in [2.05, 4.69) is 22.4 Å². The zero-order chi connectivity index (χ0) is 20.9. The Bertz CT molecular complexity index is 885. The second kappa shape index (κ2) is 8.95. The number of anilines is 1. The highest BCUT2D eigenvalue weighted by Gasteiger charge is 2.33. The van der Waals surface area contributed by atoms with Gasteiger partial charge in [-0.1, -0.05) is 30.3 Å². The Morgan fingerprint density at radius 2 is 1.86 bits per heavy atom. The molecule has 3 rings (SSSR count). The third-order valence-electron chi connectivity index (χ3n) is 5.05. The molecule has 0 spiro atoms. The molecule has 0 bridgehead atoms. The molecular formula is C21H21F3N4O. The topological polar surface area (TPSA) is 69.0 Å². The molecule has 1 fully saturated rings. The first-order chi connectivity index (χ1) is 13.9. The van der Waals surface area contributed by atoms with Crippen molar-refractivity contribution in [1.82, 2.24) is 9.88 Å². The number of amides is 1. The SMILES string of the molecule is N#Cc1ccc(C(F)(F)F)nc1NCC(=O)N1CCC(Cc2ccccc2)CC1. The van der Waals surface area contributed by atoms with Crippen LogP contribution in [0, 0.1) is 17.2 Å². The van der Waals surface area contributed by atoms with Gasteiger partial charge in [0.25, 0.3) is 0 Å². The van der Waals surface area contributed by atoms with Gasteiger partial charge in [0.1, 0.15) is 17.6 Å². The monoisotopic (exact) mass is 402 g/mol. The number of carbonyl (C=O) groups is 1. The van der Waals surface area contributed by atoms with Crippen molar-refractivity contribution in [3.8, 4) is 6.07 Å². The van der Waals surface area contributed by atoms with E-state index >= 15 is 0 Å². The summed E-state index contributed by atoms with van der Waals surface area (Å²) in [7, 11) is 0. The van der Waals surface area contributed by atoms with Crippen molar-refractivity contribution in [1.29, 1.82) is 5.26 Å². The number of aromatic nitrogens is 1. The van der Waals surface area contributed by atoms with Crippen LogP contribution in [0.3, 0.4) is 0 Å². The van der Waals surface area contributed by atoms with Crippen molar-refractivity contribution in [2.24, 2.45) is 5.92 Å².